The van der Waals surface area contributed by atoms with E-state index in [1.54, 1.807) is 0 Å². The molecule has 0 bridgehead atoms. The van der Waals surface area contributed by atoms with Crippen LogP contribution in [0, 0.1) is 6.92 Å². The van der Waals surface area contributed by atoms with Gasteiger partial charge in [-0.1, -0.05) is 0 Å². The Morgan fingerprint density at radius 3 is 2.71 bits per heavy atom. The molecule has 0 radical (unpaired) electrons. The van der Waals surface area contributed by atoms with Gasteiger partial charge in [-0.2, -0.15) is 0 Å². The van der Waals surface area contributed by atoms with Crippen LogP contribution in [-0.4, -0.2) is 54.1 Å². The van der Waals surface area contributed by atoms with E-state index in [2.05, 4.69) is 38.2 Å². The molecule has 1 aromatic heterocycles. The van der Waals surface area contributed by atoms with Gasteiger partial charge >= 0.3 is 0 Å². The van der Waals surface area contributed by atoms with Crippen molar-refractivity contribution < 1.29 is 0 Å². The third kappa shape index (κ3) is 3.43. The molecule has 6 nitrogen and oxygen atoms in total. The van der Waals surface area contributed by atoms with Crippen LogP contribution in [0.4, 0.5) is 5.95 Å². The monoisotopic (exact) mass is 288 g/mol. The maximum Gasteiger partial charge on any atom is 0.225 e. The molecule has 0 spiro atoms. The van der Waals surface area contributed by atoms with E-state index in [1.165, 1.54) is 12.8 Å². The van der Waals surface area contributed by atoms with Crippen LogP contribution in [-0.2, 0) is 6.54 Å². The molecule has 0 aromatic carbocycles. The minimum absolute atomic E-state index is 0.702. The average molecular weight is 288 g/mol. The van der Waals surface area contributed by atoms with Crippen molar-refractivity contribution in [3.8, 4) is 0 Å². The van der Waals surface area contributed by atoms with Crippen LogP contribution in [0.2, 0.25) is 0 Å². The van der Waals surface area contributed by atoms with Gasteiger partial charge in [0.05, 0.1) is 12.2 Å². The van der Waals surface area contributed by atoms with E-state index in [4.69, 9.17) is 4.98 Å². The lowest BCUT2D eigenvalue weighted by Gasteiger charge is -2.25. The third-order valence-corrected chi connectivity index (χ3v) is 3.99. The molecule has 0 atom stereocenters. The number of rotatable bonds is 3. The van der Waals surface area contributed by atoms with E-state index < -0.39 is 0 Å². The molecular weight excluding hydrogens is 264 g/mol. The van der Waals surface area contributed by atoms with Crippen molar-refractivity contribution in [3.05, 3.63) is 17.5 Å². The number of nitrogens with zero attached hydrogens (tertiary/aromatic N) is 5. The topological polar surface area (TPSA) is 56.7 Å². The zero-order valence-electron chi connectivity index (χ0n) is 13.0. The van der Waals surface area contributed by atoms with Gasteiger partial charge in [0.15, 0.2) is 5.96 Å². The molecule has 1 fully saturated rings. The smallest absolute Gasteiger partial charge is 0.225 e. The Balaban J connectivity index is 1.68. The lowest BCUT2D eigenvalue weighted by atomic mass is 10.3. The fourth-order valence-corrected chi connectivity index (χ4v) is 2.85. The first-order chi connectivity index (χ1) is 10.2. The maximum atomic E-state index is 4.70. The van der Waals surface area contributed by atoms with Crippen LogP contribution in [0.25, 0.3) is 0 Å². The fourth-order valence-electron chi connectivity index (χ4n) is 2.85. The van der Waals surface area contributed by atoms with E-state index in [-0.39, 0.29) is 0 Å². The molecule has 2 aliphatic heterocycles. The summed E-state index contributed by atoms with van der Waals surface area (Å²) in [5, 5.41) is 3.40. The quantitative estimate of drug-likeness (QED) is 0.905. The summed E-state index contributed by atoms with van der Waals surface area (Å²) in [4.78, 5) is 18.2. The minimum Gasteiger partial charge on any atom is -0.351 e. The van der Waals surface area contributed by atoms with E-state index in [9.17, 15) is 0 Å². The molecule has 1 aromatic rings. The van der Waals surface area contributed by atoms with Crippen LogP contribution in [0.1, 0.15) is 30.7 Å². The van der Waals surface area contributed by atoms with E-state index >= 15 is 0 Å². The molecule has 1 saturated heterocycles. The van der Waals surface area contributed by atoms with Gasteiger partial charge in [-0.15, -0.1) is 0 Å². The lowest BCUT2D eigenvalue weighted by Crippen LogP contribution is -2.41. The first kappa shape index (κ1) is 14.1. The number of aliphatic imine (C=N–C) groups is 1. The molecule has 114 valence electrons. The van der Waals surface area contributed by atoms with E-state index in [1.807, 2.05) is 6.92 Å². The number of aromatic nitrogens is 2. The summed E-state index contributed by atoms with van der Waals surface area (Å²) in [5.41, 5.74) is 2.06. The van der Waals surface area contributed by atoms with Gasteiger partial charge in [-0.25, -0.2) is 9.97 Å². The standard InChI is InChI=1S/C15H24N6/c1-12-10-13(11-17-14-16-6-5-7-20(14)2)19-15(18-12)21-8-3-4-9-21/h10H,3-9,11H2,1-2H3,(H,16,17). The van der Waals surface area contributed by atoms with Crippen LogP contribution in [0.15, 0.2) is 11.1 Å². The van der Waals surface area contributed by atoms with Crippen molar-refractivity contribution in [1.82, 2.24) is 20.2 Å². The van der Waals surface area contributed by atoms with Crippen molar-refractivity contribution in [1.29, 1.82) is 0 Å². The Bertz CT molecular complexity index is 521. The van der Waals surface area contributed by atoms with Crippen molar-refractivity contribution in [3.63, 3.8) is 0 Å². The third-order valence-electron chi connectivity index (χ3n) is 3.99. The summed E-state index contributed by atoms with van der Waals surface area (Å²) in [7, 11) is 2.08. The van der Waals surface area contributed by atoms with Crippen LogP contribution < -0.4 is 10.2 Å². The number of nitrogens with one attached hydrogen (secondary N) is 1. The highest BCUT2D eigenvalue weighted by Gasteiger charge is 2.16. The molecule has 0 saturated carbocycles. The Hall–Kier alpha value is -1.85. The average Bonchev–Trinajstić information content (AvgIpc) is 3.00. The van der Waals surface area contributed by atoms with Gasteiger partial charge in [0.2, 0.25) is 5.95 Å². The number of hydrogen-bond acceptors (Lipinski definition) is 6. The van der Waals surface area contributed by atoms with Crippen LogP contribution in [0.5, 0.6) is 0 Å². The second-order valence-corrected chi connectivity index (χ2v) is 5.83. The van der Waals surface area contributed by atoms with Gasteiger partial charge in [0, 0.05) is 38.9 Å². The van der Waals surface area contributed by atoms with Gasteiger partial charge in [0.1, 0.15) is 0 Å². The number of hydrogen-bond donors (Lipinski definition) is 1. The van der Waals surface area contributed by atoms with Gasteiger partial charge < -0.3 is 15.1 Å². The van der Waals surface area contributed by atoms with Gasteiger partial charge in [0.25, 0.3) is 0 Å². The Morgan fingerprint density at radius 2 is 1.95 bits per heavy atom. The van der Waals surface area contributed by atoms with Crippen LogP contribution >= 0.6 is 0 Å². The SMILES string of the molecule is Cc1cc(CNC2=NCCCN2C)nc(N2CCCC2)n1. The highest BCUT2D eigenvalue weighted by Crippen LogP contribution is 2.16. The summed E-state index contributed by atoms with van der Waals surface area (Å²) in [5.74, 6) is 1.85. The normalized spacial score (nSPS) is 18.9. The second-order valence-electron chi connectivity index (χ2n) is 5.83. The molecule has 1 N–H and O–H groups in total. The predicted molar refractivity (Wildman–Crippen MR) is 84.6 cm³/mol. The Kier molecular flexibility index (Phi) is 4.22. The number of guanidine groups is 1. The summed E-state index contributed by atoms with van der Waals surface area (Å²) < 4.78 is 0. The Morgan fingerprint density at radius 1 is 1.14 bits per heavy atom. The zero-order chi connectivity index (χ0) is 14.7. The minimum atomic E-state index is 0.702. The predicted octanol–water partition coefficient (Wildman–Crippen LogP) is 1.17. The molecular formula is C15H24N6. The van der Waals surface area contributed by atoms with Gasteiger partial charge in [-0.3, -0.25) is 4.99 Å². The molecule has 2 aliphatic rings. The van der Waals surface area contributed by atoms with Crippen LogP contribution in [0.3, 0.4) is 0 Å². The van der Waals surface area contributed by atoms with E-state index in [0.29, 0.717) is 6.54 Å². The fraction of sp³-hybridized carbons (Fsp3) is 0.667. The van der Waals surface area contributed by atoms with Crippen molar-refractivity contribution in [2.24, 2.45) is 4.99 Å². The highest BCUT2D eigenvalue weighted by atomic mass is 15.3. The highest BCUT2D eigenvalue weighted by molar-refractivity contribution is 5.80. The van der Waals surface area contributed by atoms with Gasteiger partial charge in [-0.05, 0) is 32.3 Å². The zero-order valence-corrected chi connectivity index (χ0v) is 13.0. The molecule has 0 unspecified atom stereocenters. The van der Waals surface area contributed by atoms with Crippen molar-refractivity contribution in [2.45, 2.75) is 32.7 Å². The molecule has 6 heteroatoms. The summed E-state index contributed by atoms with van der Waals surface area (Å²) in [6, 6.07) is 2.05. The summed E-state index contributed by atoms with van der Waals surface area (Å²) in [6.07, 6.45) is 3.62. The molecule has 3 heterocycles. The summed E-state index contributed by atoms with van der Waals surface area (Å²) >= 11 is 0. The number of aryl methyl sites for hydroxylation is 1. The molecule has 21 heavy (non-hydrogen) atoms. The largest absolute Gasteiger partial charge is 0.351 e. The molecule has 0 aliphatic carbocycles. The second kappa shape index (κ2) is 6.28. The lowest BCUT2D eigenvalue weighted by molar-refractivity contribution is 0.445. The molecule has 0 amide bonds. The van der Waals surface area contributed by atoms with E-state index in [0.717, 1.165) is 55.9 Å². The van der Waals surface area contributed by atoms with Crippen molar-refractivity contribution in [2.75, 3.05) is 38.1 Å². The first-order valence-corrected chi connectivity index (χ1v) is 7.81. The molecule has 3 rings (SSSR count). The summed E-state index contributed by atoms with van der Waals surface area (Å²) in [6.45, 7) is 6.86. The number of anilines is 1. The first-order valence-electron chi connectivity index (χ1n) is 7.81. The van der Waals surface area contributed by atoms with Crippen molar-refractivity contribution >= 4 is 11.9 Å². The maximum absolute atomic E-state index is 4.70. The Labute approximate surface area is 126 Å².